The van der Waals surface area contributed by atoms with Gasteiger partial charge in [-0.25, -0.2) is 0 Å². The minimum absolute atomic E-state index is 0.243. The first-order valence-electron chi connectivity index (χ1n) is 8.41. The lowest BCUT2D eigenvalue weighted by molar-refractivity contribution is 0.151. The van der Waals surface area contributed by atoms with Crippen LogP contribution in [0.3, 0.4) is 0 Å². The molecule has 2 aromatic rings. The second-order valence-electron chi connectivity index (χ2n) is 6.35. The maximum absolute atomic E-state index is 5.93. The van der Waals surface area contributed by atoms with Crippen molar-refractivity contribution in [1.29, 1.82) is 0 Å². The summed E-state index contributed by atoms with van der Waals surface area (Å²) in [6, 6.07) is 15.6. The van der Waals surface area contributed by atoms with Crippen LogP contribution in [-0.4, -0.2) is 26.4 Å². The summed E-state index contributed by atoms with van der Waals surface area (Å²) in [6.07, 6.45) is 0. The molecule has 1 aliphatic heterocycles. The molecule has 1 aliphatic rings. The van der Waals surface area contributed by atoms with Crippen molar-refractivity contribution in [1.82, 2.24) is 0 Å². The number of hydrogen-bond acceptors (Lipinski definition) is 4. The van der Waals surface area contributed by atoms with E-state index in [0.29, 0.717) is 26.4 Å². The van der Waals surface area contributed by atoms with E-state index in [0.717, 1.165) is 23.0 Å². The molecular weight excluding hydrogens is 304 g/mol. The Balaban J connectivity index is 1.77. The highest BCUT2D eigenvalue weighted by Crippen LogP contribution is 2.30. The lowest BCUT2D eigenvalue weighted by atomic mass is 10.2. The van der Waals surface area contributed by atoms with E-state index < -0.39 is 0 Å². The maximum atomic E-state index is 5.93. The molecule has 0 amide bonds. The first-order valence-corrected chi connectivity index (χ1v) is 8.41. The molecule has 3 rings (SSSR count). The van der Waals surface area contributed by atoms with Crippen LogP contribution in [0.25, 0.3) is 0 Å². The normalized spacial score (nSPS) is 21.6. The highest BCUT2D eigenvalue weighted by atomic mass is 16.5. The van der Waals surface area contributed by atoms with E-state index in [-0.39, 0.29) is 11.8 Å². The van der Waals surface area contributed by atoms with Gasteiger partial charge in [0.1, 0.15) is 0 Å². The van der Waals surface area contributed by atoms with Crippen LogP contribution in [0.5, 0.6) is 23.0 Å². The van der Waals surface area contributed by atoms with Crippen LogP contribution in [0.15, 0.2) is 48.5 Å². The number of para-hydroxylation sites is 4. The fraction of sp³-hybridized carbons (Fsp3) is 0.400. The Bertz CT molecular complexity index is 544. The van der Waals surface area contributed by atoms with E-state index >= 15 is 0 Å². The molecule has 0 fully saturated rings. The summed E-state index contributed by atoms with van der Waals surface area (Å²) in [5.74, 6) is 3.58. The number of ether oxygens (including phenoxy) is 4. The van der Waals surface area contributed by atoms with Crippen molar-refractivity contribution >= 4 is 0 Å². The average molecular weight is 328 g/mol. The van der Waals surface area contributed by atoms with E-state index in [1.54, 1.807) is 0 Å². The summed E-state index contributed by atoms with van der Waals surface area (Å²) in [7, 11) is 0. The zero-order valence-electron chi connectivity index (χ0n) is 14.2. The Hall–Kier alpha value is -2.36. The van der Waals surface area contributed by atoms with Crippen molar-refractivity contribution in [3.8, 4) is 23.0 Å². The smallest absolute Gasteiger partial charge is 0.161 e. The van der Waals surface area contributed by atoms with Crippen LogP contribution in [0, 0.1) is 11.8 Å². The fourth-order valence-corrected chi connectivity index (χ4v) is 2.40. The Kier molecular flexibility index (Phi) is 5.47. The van der Waals surface area contributed by atoms with Gasteiger partial charge in [-0.3, -0.25) is 0 Å². The van der Waals surface area contributed by atoms with Crippen LogP contribution in [-0.2, 0) is 0 Å². The van der Waals surface area contributed by atoms with E-state index in [9.17, 15) is 0 Å². The molecule has 1 heterocycles. The standard InChI is InChI=1S/C20H24O4/c1-15-11-21-17-7-3-5-9-19(17)23-13-16(2)14-24-20-10-6-4-8-18(20)22-12-15/h3-10,15-16H,11-14H2,1-2H3. The number of fused-ring (bicyclic) bond motifs is 2. The molecule has 0 N–H and O–H groups in total. The van der Waals surface area contributed by atoms with Gasteiger partial charge in [0.05, 0.1) is 26.4 Å². The molecule has 0 aromatic heterocycles. The van der Waals surface area contributed by atoms with Crippen LogP contribution < -0.4 is 18.9 Å². The van der Waals surface area contributed by atoms with Gasteiger partial charge in [0.15, 0.2) is 23.0 Å². The molecule has 0 saturated carbocycles. The molecule has 0 unspecified atom stereocenters. The van der Waals surface area contributed by atoms with Gasteiger partial charge in [-0.15, -0.1) is 0 Å². The molecule has 0 aliphatic carbocycles. The van der Waals surface area contributed by atoms with Crippen LogP contribution >= 0.6 is 0 Å². The molecule has 24 heavy (non-hydrogen) atoms. The van der Waals surface area contributed by atoms with E-state index in [2.05, 4.69) is 13.8 Å². The third kappa shape index (κ3) is 4.34. The molecule has 0 spiro atoms. The van der Waals surface area contributed by atoms with Crippen molar-refractivity contribution in [3.05, 3.63) is 48.5 Å². The van der Waals surface area contributed by atoms with Gasteiger partial charge in [-0.2, -0.15) is 0 Å². The topological polar surface area (TPSA) is 36.9 Å². The predicted molar refractivity (Wildman–Crippen MR) is 93.2 cm³/mol. The first kappa shape index (κ1) is 16.5. The second-order valence-corrected chi connectivity index (χ2v) is 6.35. The number of benzene rings is 2. The van der Waals surface area contributed by atoms with Crippen LogP contribution in [0.2, 0.25) is 0 Å². The van der Waals surface area contributed by atoms with Gasteiger partial charge in [0.25, 0.3) is 0 Å². The third-order valence-electron chi connectivity index (χ3n) is 3.79. The molecule has 0 bridgehead atoms. The summed E-state index contributed by atoms with van der Waals surface area (Å²) in [5, 5.41) is 0. The summed E-state index contributed by atoms with van der Waals surface area (Å²) in [6.45, 7) is 6.47. The van der Waals surface area contributed by atoms with Crippen LogP contribution in [0.4, 0.5) is 0 Å². The van der Waals surface area contributed by atoms with E-state index in [1.807, 2.05) is 48.5 Å². The van der Waals surface area contributed by atoms with E-state index in [4.69, 9.17) is 18.9 Å². The Morgan fingerprint density at radius 1 is 0.542 bits per heavy atom. The molecule has 4 nitrogen and oxygen atoms in total. The molecule has 128 valence electrons. The van der Waals surface area contributed by atoms with Crippen molar-refractivity contribution in [2.24, 2.45) is 11.8 Å². The molecule has 0 saturated heterocycles. The molecular formula is C20H24O4. The van der Waals surface area contributed by atoms with Crippen molar-refractivity contribution in [2.75, 3.05) is 26.4 Å². The molecule has 0 radical (unpaired) electrons. The third-order valence-corrected chi connectivity index (χ3v) is 3.79. The Morgan fingerprint density at radius 2 is 0.792 bits per heavy atom. The van der Waals surface area contributed by atoms with Crippen molar-refractivity contribution in [2.45, 2.75) is 13.8 Å². The van der Waals surface area contributed by atoms with Gasteiger partial charge < -0.3 is 18.9 Å². The van der Waals surface area contributed by atoms with Gasteiger partial charge in [0, 0.05) is 11.8 Å². The molecule has 0 atom stereocenters. The second kappa shape index (κ2) is 7.95. The average Bonchev–Trinajstić information content (AvgIpc) is 2.62. The van der Waals surface area contributed by atoms with Gasteiger partial charge in [0.2, 0.25) is 0 Å². The monoisotopic (exact) mass is 328 g/mol. The lowest BCUT2D eigenvalue weighted by Crippen LogP contribution is -2.20. The van der Waals surface area contributed by atoms with Gasteiger partial charge in [-0.1, -0.05) is 38.1 Å². The largest absolute Gasteiger partial charge is 0.489 e. The van der Waals surface area contributed by atoms with Gasteiger partial charge >= 0.3 is 0 Å². The first-order chi connectivity index (χ1) is 11.7. The number of rotatable bonds is 0. The highest BCUT2D eigenvalue weighted by molar-refractivity contribution is 5.40. The molecule has 2 aromatic carbocycles. The minimum Gasteiger partial charge on any atom is -0.489 e. The van der Waals surface area contributed by atoms with Crippen LogP contribution in [0.1, 0.15) is 13.8 Å². The summed E-state index contributed by atoms with van der Waals surface area (Å²) in [5.41, 5.74) is 0. The highest BCUT2D eigenvalue weighted by Gasteiger charge is 2.14. The van der Waals surface area contributed by atoms with Crippen molar-refractivity contribution in [3.63, 3.8) is 0 Å². The Labute approximate surface area is 143 Å². The minimum atomic E-state index is 0.243. The van der Waals surface area contributed by atoms with E-state index in [1.165, 1.54) is 0 Å². The zero-order chi connectivity index (χ0) is 16.8. The zero-order valence-corrected chi connectivity index (χ0v) is 14.2. The maximum Gasteiger partial charge on any atom is 0.161 e. The van der Waals surface area contributed by atoms with Gasteiger partial charge in [-0.05, 0) is 24.3 Å². The summed E-state index contributed by atoms with van der Waals surface area (Å²) >= 11 is 0. The summed E-state index contributed by atoms with van der Waals surface area (Å²) in [4.78, 5) is 0. The predicted octanol–water partition coefficient (Wildman–Crippen LogP) is 4.19. The summed E-state index contributed by atoms with van der Waals surface area (Å²) < 4.78 is 23.7. The Morgan fingerprint density at radius 3 is 1.04 bits per heavy atom. The number of hydrogen-bond donors (Lipinski definition) is 0. The quantitative estimate of drug-likeness (QED) is 0.727. The lowest BCUT2D eigenvalue weighted by Gasteiger charge is -2.21. The fourth-order valence-electron chi connectivity index (χ4n) is 2.40. The van der Waals surface area contributed by atoms with Crippen molar-refractivity contribution < 1.29 is 18.9 Å². The molecule has 4 heteroatoms. The SMILES string of the molecule is CC1COc2ccccc2OCC(C)COc2ccccc2OC1.